The zero-order valence-corrected chi connectivity index (χ0v) is 9.42. The van der Waals surface area contributed by atoms with Crippen molar-refractivity contribution in [1.29, 1.82) is 0 Å². The molecule has 0 fully saturated rings. The second kappa shape index (κ2) is 3.42. The molecular formula is C8H6Br2F2. The summed E-state index contributed by atoms with van der Waals surface area (Å²) in [4.78, 5) is 0. The van der Waals surface area contributed by atoms with Crippen LogP contribution in [0.25, 0.3) is 0 Å². The van der Waals surface area contributed by atoms with E-state index in [9.17, 15) is 8.78 Å². The minimum absolute atomic E-state index is 0.00347. The molecule has 1 aromatic rings. The molecule has 0 saturated carbocycles. The first-order valence-corrected chi connectivity index (χ1v) is 4.82. The van der Waals surface area contributed by atoms with Gasteiger partial charge in [0.1, 0.15) is 0 Å². The molecule has 0 bridgehead atoms. The molecule has 0 saturated heterocycles. The summed E-state index contributed by atoms with van der Waals surface area (Å²) in [7, 11) is 0. The van der Waals surface area contributed by atoms with Gasteiger partial charge in [0.25, 0.3) is 5.92 Å². The first-order chi connectivity index (χ1) is 5.39. The summed E-state index contributed by atoms with van der Waals surface area (Å²) in [6.07, 6.45) is 0. The SMILES string of the molecule is CC(F)(F)c1cc(Br)cc(Br)c1. The van der Waals surface area contributed by atoms with Gasteiger partial charge in [-0.15, -0.1) is 0 Å². The second-order valence-electron chi connectivity index (χ2n) is 2.55. The predicted octanol–water partition coefficient (Wildman–Crippen LogP) is 4.32. The summed E-state index contributed by atoms with van der Waals surface area (Å²) in [6.45, 7) is 0.876. The van der Waals surface area contributed by atoms with Crippen LogP contribution >= 0.6 is 31.9 Å². The van der Waals surface area contributed by atoms with Gasteiger partial charge in [-0.2, -0.15) is 0 Å². The van der Waals surface area contributed by atoms with E-state index >= 15 is 0 Å². The lowest BCUT2D eigenvalue weighted by molar-refractivity contribution is 0.0173. The molecule has 0 heterocycles. The van der Waals surface area contributed by atoms with Crippen LogP contribution in [-0.2, 0) is 5.92 Å². The average molecular weight is 300 g/mol. The van der Waals surface area contributed by atoms with E-state index in [1.54, 1.807) is 6.07 Å². The van der Waals surface area contributed by atoms with E-state index in [2.05, 4.69) is 31.9 Å². The molecule has 12 heavy (non-hydrogen) atoms. The van der Waals surface area contributed by atoms with E-state index in [0.717, 1.165) is 6.92 Å². The third-order valence-electron chi connectivity index (χ3n) is 1.37. The highest BCUT2D eigenvalue weighted by Crippen LogP contribution is 2.31. The summed E-state index contributed by atoms with van der Waals surface area (Å²) < 4.78 is 26.8. The number of rotatable bonds is 1. The molecule has 0 nitrogen and oxygen atoms in total. The van der Waals surface area contributed by atoms with Crippen LogP contribution in [0.1, 0.15) is 12.5 Å². The molecule has 0 aliphatic carbocycles. The number of hydrogen-bond donors (Lipinski definition) is 0. The quantitative estimate of drug-likeness (QED) is 0.724. The molecule has 1 rings (SSSR count). The van der Waals surface area contributed by atoms with Crippen molar-refractivity contribution in [1.82, 2.24) is 0 Å². The van der Waals surface area contributed by atoms with Gasteiger partial charge >= 0.3 is 0 Å². The van der Waals surface area contributed by atoms with Crippen molar-refractivity contribution in [2.45, 2.75) is 12.8 Å². The van der Waals surface area contributed by atoms with E-state index in [0.29, 0.717) is 8.95 Å². The van der Waals surface area contributed by atoms with Gasteiger partial charge in [0.05, 0.1) is 0 Å². The Balaban J connectivity index is 3.18. The molecule has 0 unspecified atom stereocenters. The van der Waals surface area contributed by atoms with E-state index in [4.69, 9.17) is 0 Å². The van der Waals surface area contributed by atoms with Gasteiger partial charge in [0, 0.05) is 21.4 Å². The van der Waals surface area contributed by atoms with Crippen molar-refractivity contribution in [3.05, 3.63) is 32.7 Å². The third kappa shape index (κ3) is 2.52. The highest BCUT2D eigenvalue weighted by molar-refractivity contribution is 9.11. The summed E-state index contributed by atoms with van der Waals surface area (Å²) in [5.41, 5.74) is 0.00347. The van der Waals surface area contributed by atoms with Gasteiger partial charge in [-0.3, -0.25) is 0 Å². The summed E-state index contributed by atoms with van der Waals surface area (Å²) >= 11 is 6.28. The van der Waals surface area contributed by atoms with Crippen LogP contribution in [0, 0.1) is 0 Å². The average Bonchev–Trinajstić information content (AvgIpc) is 1.82. The zero-order chi connectivity index (χ0) is 9.35. The van der Waals surface area contributed by atoms with Crippen molar-refractivity contribution in [2.24, 2.45) is 0 Å². The standard InChI is InChI=1S/C8H6Br2F2/c1-8(11,12)5-2-6(9)4-7(10)3-5/h2-4H,1H3. The number of hydrogen-bond acceptors (Lipinski definition) is 0. The van der Waals surface area contributed by atoms with Gasteiger partial charge in [0.2, 0.25) is 0 Å². The fraction of sp³-hybridized carbons (Fsp3) is 0.250. The molecule has 0 aliphatic heterocycles. The minimum Gasteiger partial charge on any atom is -0.202 e. The number of benzene rings is 1. The molecule has 0 N–H and O–H groups in total. The van der Waals surface area contributed by atoms with Gasteiger partial charge in [-0.1, -0.05) is 31.9 Å². The Hall–Kier alpha value is 0.0400. The Morgan fingerprint density at radius 2 is 1.50 bits per heavy atom. The number of halogens is 4. The smallest absolute Gasteiger partial charge is 0.202 e. The van der Waals surface area contributed by atoms with E-state index < -0.39 is 5.92 Å². The van der Waals surface area contributed by atoms with Crippen LogP contribution in [0.3, 0.4) is 0 Å². The van der Waals surface area contributed by atoms with Crippen LogP contribution < -0.4 is 0 Å². The Morgan fingerprint density at radius 1 is 1.08 bits per heavy atom. The van der Waals surface area contributed by atoms with Gasteiger partial charge in [0.15, 0.2) is 0 Å². The summed E-state index contributed by atoms with van der Waals surface area (Å²) in [5.74, 6) is -2.79. The molecule has 0 amide bonds. The van der Waals surface area contributed by atoms with Crippen LogP contribution in [-0.4, -0.2) is 0 Å². The van der Waals surface area contributed by atoms with Crippen LogP contribution in [0.4, 0.5) is 8.78 Å². The van der Waals surface area contributed by atoms with E-state index in [-0.39, 0.29) is 5.56 Å². The molecule has 0 aromatic heterocycles. The maximum Gasteiger partial charge on any atom is 0.270 e. The van der Waals surface area contributed by atoms with Crippen molar-refractivity contribution in [2.75, 3.05) is 0 Å². The van der Waals surface area contributed by atoms with Crippen molar-refractivity contribution in [3.8, 4) is 0 Å². The second-order valence-corrected chi connectivity index (χ2v) is 4.38. The van der Waals surface area contributed by atoms with Crippen LogP contribution in [0.2, 0.25) is 0 Å². The minimum atomic E-state index is -2.79. The Morgan fingerprint density at radius 3 is 1.83 bits per heavy atom. The lowest BCUT2D eigenvalue weighted by Crippen LogP contribution is -2.06. The van der Waals surface area contributed by atoms with Gasteiger partial charge in [-0.05, 0) is 18.2 Å². The zero-order valence-electron chi connectivity index (χ0n) is 6.24. The van der Waals surface area contributed by atoms with E-state index in [1.165, 1.54) is 12.1 Å². The molecule has 0 atom stereocenters. The summed E-state index contributed by atoms with van der Waals surface area (Å²) in [6, 6.07) is 4.53. The Labute approximate surface area is 86.2 Å². The maximum atomic E-state index is 12.8. The molecule has 1 aromatic carbocycles. The fourth-order valence-corrected chi connectivity index (χ4v) is 2.10. The van der Waals surface area contributed by atoms with Crippen molar-refractivity contribution in [3.63, 3.8) is 0 Å². The first-order valence-electron chi connectivity index (χ1n) is 3.24. The molecule has 66 valence electrons. The lowest BCUT2D eigenvalue weighted by Gasteiger charge is -2.10. The largest absolute Gasteiger partial charge is 0.270 e. The topological polar surface area (TPSA) is 0 Å². The monoisotopic (exact) mass is 298 g/mol. The first kappa shape index (κ1) is 10.1. The Bertz CT molecular complexity index is 271. The number of alkyl halides is 2. The van der Waals surface area contributed by atoms with E-state index in [1.807, 2.05) is 0 Å². The lowest BCUT2D eigenvalue weighted by atomic mass is 10.1. The highest BCUT2D eigenvalue weighted by Gasteiger charge is 2.24. The van der Waals surface area contributed by atoms with Crippen molar-refractivity contribution >= 4 is 31.9 Å². The Kier molecular flexibility index (Phi) is 2.88. The third-order valence-corrected chi connectivity index (χ3v) is 2.29. The normalized spacial score (nSPS) is 11.8. The molecule has 4 heteroatoms. The van der Waals surface area contributed by atoms with Crippen LogP contribution in [0.5, 0.6) is 0 Å². The van der Waals surface area contributed by atoms with Crippen LogP contribution in [0.15, 0.2) is 27.1 Å². The molecule has 0 radical (unpaired) electrons. The molecule has 0 aliphatic rings. The fourth-order valence-electron chi connectivity index (χ4n) is 0.807. The summed E-state index contributed by atoms with van der Waals surface area (Å²) in [5, 5.41) is 0. The van der Waals surface area contributed by atoms with Gasteiger partial charge in [-0.25, -0.2) is 8.78 Å². The van der Waals surface area contributed by atoms with Gasteiger partial charge < -0.3 is 0 Å². The van der Waals surface area contributed by atoms with Crippen molar-refractivity contribution < 1.29 is 8.78 Å². The maximum absolute atomic E-state index is 12.8. The molecule has 0 spiro atoms. The molecular weight excluding hydrogens is 294 g/mol. The highest BCUT2D eigenvalue weighted by atomic mass is 79.9. The predicted molar refractivity (Wildman–Crippen MR) is 51.4 cm³/mol.